The number of nitrogens with zero attached hydrogens (tertiary/aromatic N) is 3. The normalized spacial score (nSPS) is 15.6. The van der Waals surface area contributed by atoms with Crippen molar-refractivity contribution in [3.8, 4) is 5.75 Å². The number of rotatable bonds is 8. The molecule has 1 unspecified atom stereocenters. The quantitative estimate of drug-likeness (QED) is 0.591. The fraction of sp³-hybridized carbons (Fsp3) is 0.400. The number of carbonyl (C=O) groups excluding carboxylic acids is 1. The minimum Gasteiger partial charge on any atom is -0.489 e. The van der Waals surface area contributed by atoms with Crippen LogP contribution in [0.1, 0.15) is 43.1 Å². The average Bonchev–Trinajstić information content (AvgIpc) is 2.96. The first-order chi connectivity index (χ1) is 15.6. The van der Waals surface area contributed by atoms with E-state index in [9.17, 15) is 9.59 Å². The standard InChI is InChI=1S/C25H30N4O3/c1-2-15-29-25(31)28-16-14-21(12-13-23(28)27-29)26-24(30)17-20-10-6-7-11-22(20)32-18-19-8-4-3-5-9-19/h3-11,21H,2,12-18H2,1H3,(H,26,30). The van der Waals surface area contributed by atoms with Crippen LogP contribution in [0.15, 0.2) is 59.4 Å². The van der Waals surface area contributed by atoms with Crippen molar-refractivity contribution in [2.75, 3.05) is 0 Å². The Labute approximate surface area is 188 Å². The molecule has 0 saturated heterocycles. The number of hydrogen-bond acceptors (Lipinski definition) is 4. The Bertz CT molecular complexity index is 1100. The van der Waals surface area contributed by atoms with E-state index >= 15 is 0 Å². The van der Waals surface area contributed by atoms with E-state index in [0.29, 0.717) is 26.1 Å². The average molecular weight is 435 g/mol. The highest BCUT2D eigenvalue weighted by atomic mass is 16.5. The number of hydrogen-bond donors (Lipinski definition) is 1. The van der Waals surface area contributed by atoms with Crippen molar-refractivity contribution in [1.29, 1.82) is 0 Å². The van der Waals surface area contributed by atoms with Gasteiger partial charge in [0.1, 0.15) is 18.2 Å². The lowest BCUT2D eigenvalue weighted by Gasteiger charge is -2.17. The number of para-hydroxylation sites is 1. The van der Waals surface area contributed by atoms with Gasteiger partial charge in [-0.15, -0.1) is 0 Å². The molecule has 3 aromatic rings. The Balaban J connectivity index is 1.34. The zero-order chi connectivity index (χ0) is 22.3. The number of benzene rings is 2. The Morgan fingerprint density at radius 3 is 2.72 bits per heavy atom. The minimum absolute atomic E-state index is 0.0284. The predicted molar refractivity (Wildman–Crippen MR) is 123 cm³/mol. The third-order valence-corrected chi connectivity index (χ3v) is 5.78. The summed E-state index contributed by atoms with van der Waals surface area (Å²) < 4.78 is 9.30. The molecule has 32 heavy (non-hydrogen) atoms. The third kappa shape index (κ3) is 5.28. The molecule has 0 fully saturated rings. The largest absolute Gasteiger partial charge is 0.489 e. The van der Waals surface area contributed by atoms with E-state index in [0.717, 1.165) is 42.0 Å². The molecule has 0 radical (unpaired) electrons. The number of nitrogens with one attached hydrogen (secondary N) is 1. The van der Waals surface area contributed by atoms with Crippen molar-refractivity contribution in [3.05, 3.63) is 82.0 Å². The molecule has 1 aromatic heterocycles. The van der Waals surface area contributed by atoms with Gasteiger partial charge in [-0.2, -0.15) is 5.10 Å². The van der Waals surface area contributed by atoms with Crippen molar-refractivity contribution in [1.82, 2.24) is 19.7 Å². The van der Waals surface area contributed by atoms with Crippen LogP contribution in [0.3, 0.4) is 0 Å². The van der Waals surface area contributed by atoms with Gasteiger partial charge in [-0.1, -0.05) is 55.5 Å². The SMILES string of the molecule is CCCn1nc2n(c1=O)CCC(NC(=O)Cc1ccccc1OCc1ccccc1)CC2. The fourth-order valence-electron chi connectivity index (χ4n) is 4.11. The summed E-state index contributed by atoms with van der Waals surface area (Å²) in [5.74, 6) is 1.51. The number of fused-ring (bicyclic) bond motifs is 1. The second-order valence-corrected chi connectivity index (χ2v) is 8.22. The van der Waals surface area contributed by atoms with Crippen molar-refractivity contribution in [3.63, 3.8) is 0 Å². The molecule has 0 spiro atoms. The summed E-state index contributed by atoms with van der Waals surface area (Å²) in [5.41, 5.74) is 1.91. The first kappa shape index (κ1) is 21.9. The first-order valence-electron chi connectivity index (χ1n) is 11.3. The van der Waals surface area contributed by atoms with E-state index in [2.05, 4.69) is 10.4 Å². The lowest BCUT2D eigenvalue weighted by atomic mass is 10.1. The van der Waals surface area contributed by atoms with E-state index in [-0.39, 0.29) is 24.1 Å². The molecule has 7 heteroatoms. The summed E-state index contributed by atoms with van der Waals surface area (Å²) in [6.07, 6.45) is 3.33. The molecule has 1 aliphatic rings. The maximum absolute atomic E-state index is 12.8. The second kappa shape index (κ2) is 10.3. The van der Waals surface area contributed by atoms with Gasteiger partial charge in [0.2, 0.25) is 5.91 Å². The van der Waals surface area contributed by atoms with Crippen LogP contribution in [0.5, 0.6) is 5.75 Å². The highest BCUT2D eigenvalue weighted by Crippen LogP contribution is 2.20. The smallest absolute Gasteiger partial charge is 0.345 e. The van der Waals surface area contributed by atoms with Crippen LogP contribution < -0.4 is 15.7 Å². The summed E-state index contributed by atoms with van der Waals surface area (Å²) in [6, 6.07) is 17.7. The van der Waals surface area contributed by atoms with Crippen LogP contribution in [0.4, 0.5) is 0 Å². The molecule has 1 aliphatic heterocycles. The highest BCUT2D eigenvalue weighted by Gasteiger charge is 2.22. The fourth-order valence-corrected chi connectivity index (χ4v) is 4.11. The molecule has 4 rings (SSSR count). The Kier molecular flexibility index (Phi) is 7.04. The molecular weight excluding hydrogens is 404 g/mol. The Morgan fingerprint density at radius 2 is 1.91 bits per heavy atom. The molecule has 0 saturated carbocycles. The van der Waals surface area contributed by atoms with Crippen LogP contribution >= 0.6 is 0 Å². The van der Waals surface area contributed by atoms with E-state index in [1.807, 2.05) is 61.5 Å². The minimum atomic E-state index is -0.0432. The zero-order valence-electron chi connectivity index (χ0n) is 18.5. The van der Waals surface area contributed by atoms with Gasteiger partial charge in [-0.3, -0.25) is 9.36 Å². The maximum Gasteiger partial charge on any atom is 0.345 e. The molecule has 1 amide bonds. The predicted octanol–water partition coefficient (Wildman–Crippen LogP) is 3.10. The van der Waals surface area contributed by atoms with Gasteiger partial charge in [0.05, 0.1) is 6.42 Å². The molecule has 1 N–H and O–H groups in total. The van der Waals surface area contributed by atoms with Crippen LogP contribution in [-0.4, -0.2) is 26.3 Å². The van der Waals surface area contributed by atoms with E-state index < -0.39 is 0 Å². The van der Waals surface area contributed by atoms with E-state index in [1.54, 1.807) is 9.25 Å². The summed E-state index contributed by atoms with van der Waals surface area (Å²) in [7, 11) is 0. The van der Waals surface area contributed by atoms with Crippen molar-refractivity contribution in [2.45, 2.75) is 64.8 Å². The van der Waals surface area contributed by atoms with Gasteiger partial charge in [0.25, 0.3) is 0 Å². The molecular formula is C25H30N4O3. The molecule has 2 heterocycles. The highest BCUT2D eigenvalue weighted by molar-refractivity contribution is 5.79. The van der Waals surface area contributed by atoms with Gasteiger partial charge in [-0.25, -0.2) is 9.48 Å². The van der Waals surface area contributed by atoms with Crippen molar-refractivity contribution < 1.29 is 9.53 Å². The molecule has 2 aromatic carbocycles. The summed E-state index contributed by atoms with van der Waals surface area (Å²) in [5, 5.41) is 7.62. The zero-order valence-corrected chi connectivity index (χ0v) is 18.5. The lowest BCUT2D eigenvalue weighted by Crippen LogP contribution is -2.36. The Morgan fingerprint density at radius 1 is 1.12 bits per heavy atom. The van der Waals surface area contributed by atoms with Crippen molar-refractivity contribution >= 4 is 5.91 Å². The third-order valence-electron chi connectivity index (χ3n) is 5.78. The maximum atomic E-state index is 12.8. The van der Waals surface area contributed by atoms with Gasteiger partial charge >= 0.3 is 5.69 Å². The van der Waals surface area contributed by atoms with Crippen LogP contribution in [-0.2, 0) is 37.3 Å². The first-order valence-corrected chi connectivity index (χ1v) is 11.3. The summed E-state index contributed by atoms with van der Waals surface area (Å²) >= 11 is 0. The molecule has 168 valence electrons. The number of aromatic nitrogens is 3. The molecule has 1 atom stereocenters. The van der Waals surface area contributed by atoms with Gasteiger partial charge in [0.15, 0.2) is 0 Å². The summed E-state index contributed by atoms with van der Waals surface area (Å²) in [4.78, 5) is 25.3. The topological polar surface area (TPSA) is 78.2 Å². The molecule has 0 bridgehead atoms. The van der Waals surface area contributed by atoms with Gasteiger partial charge < -0.3 is 10.1 Å². The van der Waals surface area contributed by atoms with Crippen LogP contribution in [0, 0.1) is 0 Å². The number of ether oxygens (including phenoxy) is 1. The monoisotopic (exact) mass is 434 g/mol. The van der Waals surface area contributed by atoms with Crippen LogP contribution in [0.25, 0.3) is 0 Å². The van der Waals surface area contributed by atoms with Gasteiger partial charge in [0, 0.05) is 31.1 Å². The number of aryl methyl sites for hydroxylation is 2. The van der Waals surface area contributed by atoms with E-state index in [1.165, 1.54) is 0 Å². The van der Waals surface area contributed by atoms with E-state index in [4.69, 9.17) is 4.74 Å². The number of carbonyl (C=O) groups is 1. The molecule has 7 nitrogen and oxygen atoms in total. The lowest BCUT2D eigenvalue weighted by molar-refractivity contribution is -0.121. The van der Waals surface area contributed by atoms with Gasteiger partial charge in [-0.05, 0) is 30.9 Å². The number of amides is 1. The van der Waals surface area contributed by atoms with Crippen molar-refractivity contribution in [2.24, 2.45) is 0 Å². The second-order valence-electron chi connectivity index (χ2n) is 8.22. The summed E-state index contributed by atoms with van der Waals surface area (Å²) in [6.45, 7) is 3.72. The van der Waals surface area contributed by atoms with Crippen LogP contribution in [0.2, 0.25) is 0 Å². The Hall–Kier alpha value is -3.35. The molecule has 0 aliphatic carbocycles.